The highest BCUT2D eigenvalue weighted by Gasteiger charge is 2.27. The van der Waals surface area contributed by atoms with Crippen molar-refractivity contribution in [3.05, 3.63) is 58.1 Å². The van der Waals surface area contributed by atoms with Crippen LogP contribution in [0.15, 0.2) is 41.3 Å². The van der Waals surface area contributed by atoms with Crippen molar-refractivity contribution in [2.75, 3.05) is 18.4 Å². The highest BCUT2D eigenvalue weighted by molar-refractivity contribution is 7.89. The Morgan fingerprint density at radius 2 is 1.73 bits per heavy atom. The van der Waals surface area contributed by atoms with Gasteiger partial charge in [0.1, 0.15) is 0 Å². The van der Waals surface area contributed by atoms with Crippen LogP contribution < -0.4 is 5.32 Å². The van der Waals surface area contributed by atoms with E-state index in [1.807, 2.05) is 25.1 Å². The Hall–Kier alpha value is -1.89. The predicted octanol–water partition coefficient (Wildman–Crippen LogP) is 5.59. The molecule has 1 aliphatic rings. The highest BCUT2D eigenvalue weighted by atomic mass is 35.5. The van der Waals surface area contributed by atoms with E-state index in [1.54, 1.807) is 0 Å². The minimum atomic E-state index is -3.67. The van der Waals surface area contributed by atoms with Gasteiger partial charge in [-0.2, -0.15) is 4.31 Å². The van der Waals surface area contributed by atoms with Crippen LogP contribution in [-0.2, 0) is 10.0 Å². The molecule has 1 saturated heterocycles. The number of aryl methyl sites for hydroxylation is 1. The van der Waals surface area contributed by atoms with Gasteiger partial charge in [-0.15, -0.1) is 0 Å². The van der Waals surface area contributed by atoms with Crippen LogP contribution in [0.3, 0.4) is 0 Å². The molecule has 0 spiro atoms. The molecule has 5 nitrogen and oxygen atoms in total. The number of amides is 1. The first-order valence-corrected chi connectivity index (χ1v) is 12.2. The molecular weight excluding hydrogens is 420 g/mol. The van der Waals surface area contributed by atoms with Gasteiger partial charge in [0.15, 0.2) is 0 Å². The molecule has 0 bridgehead atoms. The molecule has 1 N–H and O–H groups in total. The average Bonchev–Trinajstić information content (AvgIpc) is 2.99. The summed E-state index contributed by atoms with van der Waals surface area (Å²) in [5.41, 5.74) is 2.87. The molecular formula is C23H29ClN2O3S. The van der Waals surface area contributed by atoms with Crippen molar-refractivity contribution in [1.29, 1.82) is 0 Å². The topological polar surface area (TPSA) is 66.5 Å². The summed E-state index contributed by atoms with van der Waals surface area (Å²) in [5, 5.41) is 3.18. The molecule has 0 saturated carbocycles. The number of hydrogen-bond acceptors (Lipinski definition) is 3. The van der Waals surface area contributed by atoms with Crippen molar-refractivity contribution in [1.82, 2.24) is 4.31 Å². The number of halogens is 1. The second-order valence-corrected chi connectivity index (χ2v) is 10.5. The van der Waals surface area contributed by atoms with Crippen LogP contribution in [0.1, 0.15) is 66.9 Å². The summed E-state index contributed by atoms with van der Waals surface area (Å²) in [4.78, 5) is 13.2. The molecule has 1 heterocycles. The number of hydrogen-bond donors (Lipinski definition) is 1. The first-order chi connectivity index (χ1) is 14.2. The lowest BCUT2D eigenvalue weighted by Gasteiger charge is -2.21. The fourth-order valence-corrected chi connectivity index (χ4v) is 5.54. The molecule has 2 aromatic rings. The summed E-state index contributed by atoms with van der Waals surface area (Å²) < 4.78 is 27.8. The summed E-state index contributed by atoms with van der Waals surface area (Å²) in [6.07, 6.45) is 3.78. The van der Waals surface area contributed by atoms with E-state index in [1.165, 1.54) is 22.5 Å². The van der Waals surface area contributed by atoms with Gasteiger partial charge in [0, 0.05) is 18.8 Å². The quantitative estimate of drug-likeness (QED) is 0.648. The number of rotatable bonds is 5. The molecule has 2 aromatic carbocycles. The maximum absolute atomic E-state index is 13.1. The Bertz CT molecular complexity index is 1030. The first kappa shape index (κ1) is 22.8. The van der Waals surface area contributed by atoms with Crippen molar-refractivity contribution in [2.45, 2.75) is 57.3 Å². The predicted molar refractivity (Wildman–Crippen MR) is 122 cm³/mol. The van der Waals surface area contributed by atoms with Gasteiger partial charge in [-0.1, -0.05) is 56.5 Å². The molecule has 0 radical (unpaired) electrons. The van der Waals surface area contributed by atoms with Crippen LogP contribution in [0.5, 0.6) is 0 Å². The second kappa shape index (κ2) is 9.50. The molecule has 0 atom stereocenters. The van der Waals surface area contributed by atoms with E-state index in [4.69, 9.17) is 11.6 Å². The number of sulfonamides is 1. The van der Waals surface area contributed by atoms with Gasteiger partial charge in [-0.3, -0.25) is 4.79 Å². The Balaban J connectivity index is 1.93. The van der Waals surface area contributed by atoms with Crippen molar-refractivity contribution < 1.29 is 13.2 Å². The van der Waals surface area contributed by atoms with Crippen LogP contribution in [0, 0.1) is 6.92 Å². The largest absolute Gasteiger partial charge is 0.321 e. The van der Waals surface area contributed by atoms with E-state index >= 15 is 0 Å². The number of para-hydroxylation sites is 1. The molecule has 1 amide bonds. The monoisotopic (exact) mass is 448 g/mol. The molecule has 0 unspecified atom stereocenters. The molecule has 1 fully saturated rings. The lowest BCUT2D eigenvalue weighted by molar-refractivity contribution is 0.102. The zero-order valence-electron chi connectivity index (χ0n) is 17.7. The molecule has 0 aliphatic carbocycles. The zero-order valence-corrected chi connectivity index (χ0v) is 19.3. The van der Waals surface area contributed by atoms with Gasteiger partial charge >= 0.3 is 0 Å². The van der Waals surface area contributed by atoms with Gasteiger partial charge in [-0.25, -0.2) is 8.42 Å². The second-order valence-electron chi connectivity index (χ2n) is 8.11. The third-order valence-electron chi connectivity index (χ3n) is 5.55. The summed E-state index contributed by atoms with van der Waals surface area (Å²) >= 11 is 6.29. The van der Waals surface area contributed by atoms with E-state index in [9.17, 15) is 13.2 Å². The third-order valence-corrected chi connectivity index (χ3v) is 7.78. The highest BCUT2D eigenvalue weighted by Crippen LogP contribution is 2.30. The Morgan fingerprint density at radius 3 is 2.37 bits per heavy atom. The van der Waals surface area contributed by atoms with Crippen molar-refractivity contribution in [3.63, 3.8) is 0 Å². The number of nitrogens with zero attached hydrogens (tertiary/aromatic N) is 1. The van der Waals surface area contributed by atoms with Gasteiger partial charge in [0.25, 0.3) is 5.91 Å². The van der Waals surface area contributed by atoms with Crippen LogP contribution in [0.2, 0.25) is 5.02 Å². The van der Waals surface area contributed by atoms with Crippen LogP contribution in [-0.4, -0.2) is 31.7 Å². The summed E-state index contributed by atoms with van der Waals surface area (Å²) in [5.74, 6) is -0.186. The zero-order chi connectivity index (χ0) is 21.9. The Kier molecular flexibility index (Phi) is 7.22. The Labute approximate surface area is 184 Å². The van der Waals surface area contributed by atoms with Crippen LogP contribution >= 0.6 is 11.6 Å². The third kappa shape index (κ3) is 4.88. The molecule has 30 heavy (non-hydrogen) atoms. The van der Waals surface area contributed by atoms with E-state index in [-0.39, 0.29) is 21.4 Å². The normalized spacial score (nSPS) is 15.8. The lowest BCUT2D eigenvalue weighted by Crippen LogP contribution is -2.32. The van der Waals surface area contributed by atoms with Gasteiger partial charge in [0.05, 0.1) is 15.5 Å². The van der Waals surface area contributed by atoms with Crippen molar-refractivity contribution >= 4 is 33.2 Å². The fraction of sp³-hybridized carbons (Fsp3) is 0.435. The number of anilines is 1. The van der Waals surface area contributed by atoms with E-state index < -0.39 is 15.9 Å². The Morgan fingerprint density at radius 1 is 1.07 bits per heavy atom. The summed E-state index contributed by atoms with van der Waals surface area (Å²) in [6.45, 7) is 7.07. The minimum absolute atomic E-state index is 0.104. The smallest absolute Gasteiger partial charge is 0.257 e. The lowest BCUT2D eigenvalue weighted by atomic mass is 9.98. The van der Waals surface area contributed by atoms with Crippen molar-refractivity contribution in [3.8, 4) is 0 Å². The van der Waals surface area contributed by atoms with Crippen molar-refractivity contribution in [2.24, 2.45) is 0 Å². The summed E-state index contributed by atoms with van der Waals surface area (Å²) in [7, 11) is -3.67. The molecule has 1 aliphatic heterocycles. The number of carbonyl (C=O) groups is 1. The van der Waals surface area contributed by atoms with Crippen LogP contribution in [0.4, 0.5) is 5.69 Å². The number of carbonyl (C=O) groups excluding carboxylic acids is 1. The molecule has 162 valence electrons. The SMILES string of the molecule is Cc1cccc(C(C)C)c1NC(=O)c1cc(S(=O)(=O)N2CCCCCC2)ccc1Cl. The van der Waals surface area contributed by atoms with Crippen LogP contribution in [0.25, 0.3) is 0 Å². The van der Waals surface area contributed by atoms with Gasteiger partial charge < -0.3 is 5.32 Å². The molecule has 3 rings (SSSR count). The maximum Gasteiger partial charge on any atom is 0.257 e. The van der Waals surface area contributed by atoms with Gasteiger partial charge in [-0.05, 0) is 55.0 Å². The minimum Gasteiger partial charge on any atom is -0.321 e. The van der Waals surface area contributed by atoms with E-state index in [0.717, 1.165) is 42.5 Å². The van der Waals surface area contributed by atoms with Gasteiger partial charge in [0.2, 0.25) is 10.0 Å². The average molecular weight is 449 g/mol. The first-order valence-electron chi connectivity index (χ1n) is 10.4. The standard InChI is InChI=1S/C23H29ClN2O3S/c1-16(2)19-10-8-9-17(3)22(19)25-23(27)20-15-18(11-12-21(20)24)30(28,29)26-13-6-4-5-7-14-26/h8-12,15-16H,4-7,13-14H2,1-3H3,(H,25,27). The van der Waals surface area contributed by atoms with E-state index in [0.29, 0.717) is 13.1 Å². The molecule has 0 aromatic heterocycles. The maximum atomic E-state index is 13.1. The molecule has 7 heteroatoms. The van der Waals surface area contributed by atoms with E-state index in [2.05, 4.69) is 19.2 Å². The number of benzene rings is 2. The summed E-state index contributed by atoms with van der Waals surface area (Å²) in [6, 6.07) is 10.2. The fourth-order valence-electron chi connectivity index (χ4n) is 3.79. The number of nitrogens with one attached hydrogen (secondary N) is 1.